The lowest BCUT2D eigenvalue weighted by molar-refractivity contribution is 0.0734. The van der Waals surface area contributed by atoms with Gasteiger partial charge in [0.15, 0.2) is 0 Å². The van der Waals surface area contributed by atoms with E-state index in [4.69, 9.17) is 4.52 Å². The fourth-order valence-electron chi connectivity index (χ4n) is 2.89. The molecule has 0 aliphatic carbocycles. The van der Waals surface area contributed by atoms with Crippen molar-refractivity contribution in [2.24, 2.45) is 5.92 Å². The summed E-state index contributed by atoms with van der Waals surface area (Å²) in [5.74, 6) is 1.53. The topological polar surface area (TPSA) is 59.2 Å². The second-order valence-corrected chi connectivity index (χ2v) is 7.14. The smallest absolute Gasteiger partial charge is 0.253 e. The summed E-state index contributed by atoms with van der Waals surface area (Å²) in [6.45, 7) is 7.46. The summed E-state index contributed by atoms with van der Waals surface area (Å²) < 4.78 is 5.38. The van der Waals surface area contributed by atoms with Gasteiger partial charge in [-0.2, -0.15) is 4.98 Å². The zero-order valence-corrected chi connectivity index (χ0v) is 16.1. The fourth-order valence-corrected chi connectivity index (χ4v) is 2.89. The van der Waals surface area contributed by atoms with Crippen molar-refractivity contribution < 1.29 is 9.32 Å². The highest BCUT2D eigenvalue weighted by molar-refractivity contribution is 5.94. The molecule has 3 aromatic rings. The van der Waals surface area contributed by atoms with Gasteiger partial charge in [0, 0.05) is 30.6 Å². The molecule has 0 N–H and O–H groups in total. The van der Waals surface area contributed by atoms with Gasteiger partial charge < -0.3 is 9.42 Å². The molecule has 2 aromatic carbocycles. The molecule has 3 rings (SSSR count). The van der Waals surface area contributed by atoms with Gasteiger partial charge >= 0.3 is 0 Å². The Balaban J connectivity index is 1.69. The minimum Gasteiger partial charge on any atom is -0.339 e. The molecule has 5 nitrogen and oxygen atoms in total. The van der Waals surface area contributed by atoms with Gasteiger partial charge in [-0.1, -0.05) is 67.0 Å². The summed E-state index contributed by atoms with van der Waals surface area (Å²) in [5.41, 5.74) is 2.76. The fraction of sp³-hybridized carbons (Fsp3) is 0.318. The Hall–Kier alpha value is -2.95. The molecular weight excluding hydrogens is 338 g/mol. The van der Waals surface area contributed by atoms with Gasteiger partial charge in [-0.15, -0.1) is 0 Å². The lowest BCUT2D eigenvalue weighted by atomic mass is 10.1. The van der Waals surface area contributed by atoms with Crippen molar-refractivity contribution in [3.05, 3.63) is 71.6 Å². The van der Waals surface area contributed by atoms with E-state index in [1.54, 1.807) is 0 Å². The Morgan fingerprint density at radius 1 is 1.07 bits per heavy atom. The van der Waals surface area contributed by atoms with Crippen LogP contribution in [0.1, 0.15) is 35.7 Å². The summed E-state index contributed by atoms with van der Waals surface area (Å²) in [7, 11) is 0. The van der Waals surface area contributed by atoms with Crippen molar-refractivity contribution in [3.8, 4) is 11.4 Å². The summed E-state index contributed by atoms with van der Waals surface area (Å²) >= 11 is 0. The Morgan fingerprint density at radius 2 is 1.78 bits per heavy atom. The third-order valence-electron chi connectivity index (χ3n) is 4.27. The van der Waals surface area contributed by atoms with Crippen LogP contribution < -0.4 is 0 Å². The van der Waals surface area contributed by atoms with Gasteiger partial charge in [-0.3, -0.25) is 4.79 Å². The highest BCUT2D eigenvalue weighted by atomic mass is 16.5. The molecule has 0 radical (unpaired) electrons. The van der Waals surface area contributed by atoms with Crippen molar-refractivity contribution in [2.75, 3.05) is 13.1 Å². The predicted molar refractivity (Wildman–Crippen MR) is 105 cm³/mol. The number of aromatic nitrogens is 2. The van der Waals surface area contributed by atoms with Crippen LogP contribution in [0.15, 0.2) is 59.1 Å². The van der Waals surface area contributed by atoms with Crippen LogP contribution >= 0.6 is 0 Å². The van der Waals surface area contributed by atoms with Crippen molar-refractivity contribution in [1.82, 2.24) is 15.0 Å². The molecule has 0 bridgehead atoms. The summed E-state index contributed by atoms with van der Waals surface area (Å²) in [4.78, 5) is 19.2. The maximum Gasteiger partial charge on any atom is 0.253 e. The quantitative estimate of drug-likeness (QED) is 0.625. The standard InChI is InChI=1S/C22H25N3O2/c1-16(2)15-25(22(26)19-11-9-17(3)10-12-19)14-13-20-23-21(24-27-20)18-7-5-4-6-8-18/h4-12,16H,13-15H2,1-3H3. The van der Waals surface area contributed by atoms with E-state index < -0.39 is 0 Å². The van der Waals surface area contributed by atoms with E-state index >= 15 is 0 Å². The Bertz CT molecular complexity index is 870. The third-order valence-corrected chi connectivity index (χ3v) is 4.27. The molecule has 0 atom stereocenters. The maximum atomic E-state index is 12.9. The summed E-state index contributed by atoms with van der Waals surface area (Å²) in [6, 6.07) is 17.4. The number of carbonyl (C=O) groups excluding carboxylic acids is 1. The van der Waals surface area contributed by atoms with Gasteiger partial charge in [-0.05, 0) is 25.0 Å². The number of benzene rings is 2. The van der Waals surface area contributed by atoms with Crippen LogP contribution in [0.4, 0.5) is 0 Å². The van der Waals surface area contributed by atoms with E-state index in [-0.39, 0.29) is 5.91 Å². The average Bonchev–Trinajstić information content (AvgIpc) is 3.15. The summed E-state index contributed by atoms with van der Waals surface area (Å²) in [5, 5.41) is 4.05. The minimum atomic E-state index is 0.0338. The highest BCUT2D eigenvalue weighted by Crippen LogP contribution is 2.16. The van der Waals surface area contributed by atoms with E-state index in [0.29, 0.717) is 42.7 Å². The number of aryl methyl sites for hydroxylation is 1. The molecule has 5 heteroatoms. The molecule has 140 valence electrons. The lowest BCUT2D eigenvalue weighted by Gasteiger charge is -2.24. The number of carbonyl (C=O) groups is 1. The van der Waals surface area contributed by atoms with Crippen LogP contribution in [0, 0.1) is 12.8 Å². The summed E-state index contributed by atoms with van der Waals surface area (Å²) in [6.07, 6.45) is 0.532. The highest BCUT2D eigenvalue weighted by Gasteiger charge is 2.18. The minimum absolute atomic E-state index is 0.0338. The van der Waals surface area contributed by atoms with Crippen LogP contribution in [0.3, 0.4) is 0 Å². The SMILES string of the molecule is Cc1ccc(C(=O)N(CCc2nc(-c3ccccc3)no2)CC(C)C)cc1. The van der Waals surface area contributed by atoms with Crippen molar-refractivity contribution in [3.63, 3.8) is 0 Å². The van der Waals surface area contributed by atoms with Gasteiger partial charge in [0.25, 0.3) is 5.91 Å². The van der Waals surface area contributed by atoms with E-state index in [2.05, 4.69) is 24.0 Å². The second-order valence-electron chi connectivity index (χ2n) is 7.14. The largest absolute Gasteiger partial charge is 0.339 e. The first-order valence-electron chi connectivity index (χ1n) is 9.27. The molecule has 27 heavy (non-hydrogen) atoms. The molecule has 0 unspecified atom stereocenters. The van der Waals surface area contributed by atoms with Crippen LogP contribution in [-0.4, -0.2) is 34.0 Å². The molecule has 0 aliphatic heterocycles. The first kappa shape index (κ1) is 18.8. The zero-order chi connectivity index (χ0) is 19.2. The molecule has 0 saturated carbocycles. The van der Waals surface area contributed by atoms with Crippen LogP contribution in [-0.2, 0) is 6.42 Å². The molecule has 0 fully saturated rings. The molecule has 0 saturated heterocycles. The van der Waals surface area contributed by atoms with E-state index in [9.17, 15) is 4.79 Å². The van der Waals surface area contributed by atoms with E-state index in [1.807, 2.05) is 66.4 Å². The van der Waals surface area contributed by atoms with Gasteiger partial charge in [0.2, 0.25) is 11.7 Å². The van der Waals surface area contributed by atoms with Gasteiger partial charge in [-0.25, -0.2) is 0 Å². The van der Waals surface area contributed by atoms with Gasteiger partial charge in [0.1, 0.15) is 0 Å². The Labute approximate surface area is 160 Å². The average molecular weight is 363 g/mol. The van der Waals surface area contributed by atoms with Crippen molar-refractivity contribution in [1.29, 1.82) is 0 Å². The van der Waals surface area contributed by atoms with E-state index in [0.717, 1.165) is 11.1 Å². The maximum absolute atomic E-state index is 12.9. The zero-order valence-electron chi connectivity index (χ0n) is 16.1. The van der Waals surface area contributed by atoms with Crippen LogP contribution in [0.2, 0.25) is 0 Å². The number of rotatable bonds is 7. The lowest BCUT2D eigenvalue weighted by Crippen LogP contribution is -2.36. The monoisotopic (exact) mass is 363 g/mol. The molecule has 0 aliphatic rings. The third kappa shape index (κ3) is 5.03. The first-order chi connectivity index (χ1) is 13.0. The predicted octanol–water partition coefficient (Wildman–Crippen LogP) is 4.39. The van der Waals surface area contributed by atoms with Crippen LogP contribution in [0.25, 0.3) is 11.4 Å². The Morgan fingerprint density at radius 3 is 2.44 bits per heavy atom. The molecule has 1 amide bonds. The van der Waals surface area contributed by atoms with Crippen LogP contribution in [0.5, 0.6) is 0 Å². The first-order valence-corrected chi connectivity index (χ1v) is 9.27. The van der Waals surface area contributed by atoms with Crippen molar-refractivity contribution in [2.45, 2.75) is 27.2 Å². The van der Waals surface area contributed by atoms with E-state index in [1.165, 1.54) is 0 Å². The number of hydrogen-bond acceptors (Lipinski definition) is 4. The molecular formula is C22H25N3O2. The normalized spacial score (nSPS) is 11.0. The second kappa shape index (κ2) is 8.62. The Kier molecular flexibility index (Phi) is 6.01. The number of amides is 1. The molecule has 1 aromatic heterocycles. The number of nitrogens with zero attached hydrogens (tertiary/aromatic N) is 3. The molecule has 0 spiro atoms. The number of hydrogen-bond donors (Lipinski definition) is 0. The molecule has 1 heterocycles. The van der Waals surface area contributed by atoms with Gasteiger partial charge in [0.05, 0.1) is 0 Å². The van der Waals surface area contributed by atoms with Crippen molar-refractivity contribution >= 4 is 5.91 Å².